The number of benzene rings is 1. The molecule has 2 bridgehead atoms. The van der Waals surface area contributed by atoms with E-state index in [9.17, 15) is 9.90 Å². The van der Waals surface area contributed by atoms with E-state index in [0.717, 1.165) is 17.5 Å². The monoisotopic (exact) mass is 272 g/mol. The van der Waals surface area contributed by atoms with Gasteiger partial charge in [-0.25, -0.2) is 5.43 Å². The van der Waals surface area contributed by atoms with Crippen molar-refractivity contribution in [2.75, 3.05) is 0 Å². The Kier molecular flexibility index (Phi) is 3.47. The number of fused-ring (bicyclic) bond motifs is 2. The lowest BCUT2D eigenvalue weighted by atomic mass is 9.86. The summed E-state index contributed by atoms with van der Waals surface area (Å²) < 4.78 is 0. The lowest BCUT2D eigenvalue weighted by Crippen LogP contribution is -2.24. The fourth-order valence-corrected chi connectivity index (χ4v) is 3.66. The highest BCUT2D eigenvalue weighted by molar-refractivity contribution is 5.95. The van der Waals surface area contributed by atoms with Crippen molar-refractivity contribution in [3.8, 4) is 5.75 Å². The van der Waals surface area contributed by atoms with E-state index in [1.54, 1.807) is 12.1 Å². The minimum atomic E-state index is -0.229. The van der Waals surface area contributed by atoms with Crippen LogP contribution in [0.2, 0.25) is 0 Å². The van der Waals surface area contributed by atoms with E-state index in [2.05, 4.69) is 10.5 Å². The minimum absolute atomic E-state index is 0.156. The maximum Gasteiger partial charge on any atom is 0.271 e. The van der Waals surface area contributed by atoms with Gasteiger partial charge in [-0.1, -0.05) is 6.42 Å². The van der Waals surface area contributed by atoms with Crippen LogP contribution in [0, 0.1) is 17.8 Å². The number of hydrogen-bond donors (Lipinski definition) is 2. The molecule has 2 fully saturated rings. The van der Waals surface area contributed by atoms with Crippen LogP contribution in [0.3, 0.4) is 0 Å². The smallest absolute Gasteiger partial charge is 0.271 e. The van der Waals surface area contributed by atoms with Gasteiger partial charge in [0, 0.05) is 17.2 Å². The number of carbonyl (C=O) groups is 1. The first-order valence-electron chi connectivity index (χ1n) is 7.27. The van der Waals surface area contributed by atoms with Gasteiger partial charge in [-0.3, -0.25) is 4.79 Å². The molecule has 0 saturated heterocycles. The van der Waals surface area contributed by atoms with E-state index < -0.39 is 0 Å². The minimum Gasteiger partial charge on any atom is -0.508 e. The molecule has 4 nitrogen and oxygen atoms in total. The third-order valence-electron chi connectivity index (χ3n) is 4.74. The summed E-state index contributed by atoms with van der Waals surface area (Å²) in [4.78, 5) is 11.9. The van der Waals surface area contributed by atoms with Gasteiger partial charge < -0.3 is 5.11 Å². The van der Waals surface area contributed by atoms with Gasteiger partial charge >= 0.3 is 0 Å². The predicted octanol–water partition coefficient (Wildman–Crippen LogP) is 2.93. The van der Waals surface area contributed by atoms with Crippen LogP contribution in [0.5, 0.6) is 5.75 Å². The normalized spacial score (nSPS) is 28.6. The molecule has 2 aliphatic rings. The standard InChI is InChI=1S/C16H20N2O2/c1-10(15-9-11-2-3-13(15)8-11)17-18-16(20)12-4-6-14(19)7-5-12/h4-7,11,13,15,19H,2-3,8-9H2,1H3,(H,18,20)/b17-10-/t11-,13-,15+/m0/s1. The summed E-state index contributed by atoms with van der Waals surface area (Å²) in [5.74, 6) is 2.13. The zero-order valence-electron chi connectivity index (χ0n) is 11.7. The number of hydrogen-bond acceptors (Lipinski definition) is 3. The maximum atomic E-state index is 11.9. The summed E-state index contributed by atoms with van der Waals surface area (Å²) in [6.45, 7) is 2.02. The molecule has 0 spiro atoms. The molecule has 1 aromatic carbocycles. The second-order valence-corrected chi connectivity index (χ2v) is 6.02. The molecule has 0 aliphatic heterocycles. The topological polar surface area (TPSA) is 61.7 Å². The summed E-state index contributed by atoms with van der Waals surface area (Å²) in [5, 5.41) is 13.5. The molecule has 4 heteroatoms. The van der Waals surface area contributed by atoms with E-state index in [1.165, 1.54) is 37.8 Å². The molecule has 1 amide bonds. The summed E-state index contributed by atoms with van der Waals surface area (Å²) in [6.07, 6.45) is 5.25. The van der Waals surface area contributed by atoms with Crippen LogP contribution >= 0.6 is 0 Å². The molecule has 106 valence electrons. The zero-order chi connectivity index (χ0) is 14.1. The average molecular weight is 272 g/mol. The summed E-state index contributed by atoms with van der Waals surface area (Å²) in [7, 11) is 0. The fourth-order valence-electron chi connectivity index (χ4n) is 3.66. The highest BCUT2D eigenvalue weighted by Gasteiger charge is 2.40. The fraction of sp³-hybridized carbons (Fsp3) is 0.500. The molecule has 2 saturated carbocycles. The number of nitrogens with zero attached hydrogens (tertiary/aromatic N) is 1. The molecule has 3 atom stereocenters. The van der Waals surface area contributed by atoms with Gasteiger partial charge in [0.2, 0.25) is 0 Å². The molecule has 1 aromatic rings. The molecule has 0 heterocycles. The van der Waals surface area contributed by atoms with Crippen LogP contribution in [0.25, 0.3) is 0 Å². The largest absolute Gasteiger partial charge is 0.508 e. The first-order chi connectivity index (χ1) is 9.63. The molecular formula is C16H20N2O2. The van der Waals surface area contributed by atoms with Crippen molar-refractivity contribution in [3.05, 3.63) is 29.8 Å². The van der Waals surface area contributed by atoms with E-state index >= 15 is 0 Å². The van der Waals surface area contributed by atoms with Crippen LogP contribution in [0.1, 0.15) is 43.0 Å². The SMILES string of the molecule is C/C(=N/NC(=O)c1ccc(O)cc1)[C@H]1C[C@H]2CC[C@H]1C2. The molecule has 2 aliphatic carbocycles. The highest BCUT2D eigenvalue weighted by Crippen LogP contribution is 2.48. The molecular weight excluding hydrogens is 252 g/mol. The van der Waals surface area contributed by atoms with Crippen molar-refractivity contribution < 1.29 is 9.90 Å². The number of amides is 1. The van der Waals surface area contributed by atoms with E-state index in [-0.39, 0.29) is 11.7 Å². The van der Waals surface area contributed by atoms with Gasteiger partial charge in [0.25, 0.3) is 5.91 Å². The van der Waals surface area contributed by atoms with Crippen molar-refractivity contribution >= 4 is 11.6 Å². The van der Waals surface area contributed by atoms with E-state index in [1.807, 2.05) is 6.92 Å². The van der Waals surface area contributed by atoms with Gasteiger partial charge in [0.15, 0.2) is 0 Å². The summed E-state index contributed by atoms with van der Waals surface area (Å²) in [6, 6.07) is 6.18. The molecule has 0 aromatic heterocycles. The Bertz CT molecular complexity index is 536. The van der Waals surface area contributed by atoms with Crippen LogP contribution in [-0.2, 0) is 0 Å². The second-order valence-electron chi connectivity index (χ2n) is 6.02. The number of aromatic hydroxyl groups is 1. The van der Waals surface area contributed by atoms with Gasteiger partial charge in [0.05, 0.1) is 0 Å². The van der Waals surface area contributed by atoms with Crippen molar-refractivity contribution in [2.45, 2.75) is 32.6 Å². The second kappa shape index (κ2) is 5.27. The Morgan fingerprint density at radius 3 is 2.60 bits per heavy atom. The lowest BCUT2D eigenvalue weighted by Gasteiger charge is -2.21. The van der Waals surface area contributed by atoms with Crippen LogP contribution in [0.15, 0.2) is 29.4 Å². The highest BCUT2D eigenvalue weighted by atomic mass is 16.3. The van der Waals surface area contributed by atoms with Gasteiger partial charge in [0.1, 0.15) is 5.75 Å². The molecule has 20 heavy (non-hydrogen) atoms. The summed E-state index contributed by atoms with van der Waals surface area (Å²) >= 11 is 0. The third kappa shape index (κ3) is 2.55. The Morgan fingerprint density at radius 1 is 1.25 bits per heavy atom. The third-order valence-corrected chi connectivity index (χ3v) is 4.74. The predicted molar refractivity (Wildman–Crippen MR) is 77.6 cm³/mol. The van der Waals surface area contributed by atoms with Crippen molar-refractivity contribution in [2.24, 2.45) is 22.9 Å². The number of phenols is 1. The van der Waals surface area contributed by atoms with Crippen molar-refractivity contribution in [1.82, 2.24) is 5.43 Å². The van der Waals surface area contributed by atoms with Gasteiger partial charge in [-0.05, 0) is 62.3 Å². The number of hydrazone groups is 1. The van der Waals surface area contributed by atoms with Crippen LogP contribution in [-0.4, -0.2) is 16.7 Å². The first kappa shape index (κ1) is 13.2. The first-order valence-corrected chi connectivity index (χ1v) is 7.27. The summed E-state index contributed by atoms with van der Waals surface area (Å²) in [5.41, 5.74) is 4.17. The molecule has 0 radical (unpaired) electrons. The van der Waals surface area contributed by atoms with Gasteiger partial charge in [-0.2, -0.15) is 5.10 Å². The van der Waals surface area contributed by atoms with Gasteiger partial charge in [-0.15, -0.1) is 0 Å². The quantitative estimate of drug-likeness (QED) is 0.656. The van der Waals surface area contributed by atoms with Crippen LogP contribution < -0.4 is 5.43 Å². The zero-order valence-corrected chi connectivity index (χ0v) is 11.7. The Labute approximate surface area is 118 Å². The number of carbonyl (C=O) groups excluding carboxylic acids is 1. The molecule has 3 rings (SSSR count). The van der Waals surface area contributed by atoms with E-state index in [4.69, 9.17) is 0 Å². The molecule has 0 unspecified atom stereocenters. The lowest BCUT2D eigenvalue weighted by molar-refractivity contribution is 0.0954. The Morgan fingerprint density at radius 2 is 2.00 bits per heavy atom. The van der Waals surface area contributed by atoms with Crippen molar-refractivity contribution in [3.63, 3.8) is 0 Å². The average Bonchev–Trinajstić information content (AvgIpc) is 3.08. The molecule has 2 N–H and O–H groups in total. The number of rotatable bonds is 3. The number of phenolic OH excluding ortho intramolecular Hbond substituents is 1. The number of nitrogens with one attached hydrogen (secondary N) is 1. The Hall–Kier alpha value is -1.84. The Balaban J connectivity index is 1.61. The maximum absolute atomic E-state index is 11.9. The van der Waals surface area contributed by atoms with Crippen molar-refractivity contribution in [1.29, 1.82) is 0 Å². The van der Waals surface area contributed by atoms with E-state index in [0.29, 0.717) is 11.5 Å². The van der Waals surface area contributed by atoms with Crippen LogP contribution in [0.4, 0.5) is 0 Å².